The minimum absolute atomic E-state index is 0.150. The molecule has 2 aliphatic rings. The molecule has 3 rings (SSSR count). The SMILES string of the molecule is O=C(CC(F)(F)F)N1CCC2(CCN(Cc3cccnc3)C2)CC1. The van der Waals surface area contributed by atoms with Crippen LogP contribution in [0.2, 0.25) is 0 Å². The third-order valence-corrected chi connectivity index (χ3v) is 5.17. The minimum atomic E-state index is -4.42. The van der Waals surface area contributed by atoms with Crippen LogP contribution in [-0.2, 0) is 11.3 Å². The highest BCUT2D eigenvalue weighted by molar-refractivity contribution is 5.76. The van der Waals surface area contributed by atoms with Crippen molar-refractivity contribution in [3.8, 4) is 0 Å². The number of amides is 1. The van der Waals surface area contributed by atoms with Crippen LogP contribution in [0.25, 0.3) is 0 Å². The lowest BCUT2D eigenvalue weighted by atomic mass is 9.77. The normalized spacial score (nSPS) is 21.4. The predicted molar refractivity (Wildman–Crippen MR) is 83.1 cm³/mol. The van der Waals surface area contributed by atoms with Crippen molar-refractivity contribution < 1.29 is 18.0 Å². The molecule has 7 heteroatoms. The van der Waals surface area contributed by atoms with Gasteiger partial charge in [-0.1, -0.05) is 6.07 Å². The first-order chi connectivity index (χ1) is 11.4. The number of carbonyl (C=O) groups excluding carboxylic acids is 1. The Morgan fingerprint density at radius 1 is 1.21 bits per heavy atom. The molecule has 1 spiro atoms. The molecule has 1 amide bonds. The van der Waals surface area contributed by atoms with Gasteiger partial charge in [-0.05, 0) is 42.9 Å². The monoisotopic (exact) mass is 341 g/mol. The summed E-state index contributed by atoms with van der Waals surface area (Å²) >= 11 is 0. The second kappa shape index (κ2) is 6.70. The molecule has 1 aromatic rings. The summed E-state index contributed by atoms with van der Waals surface area (Å²) in [6.45, 7) is 3.67. The zero-order valence-electron chi connectivity index (χ0n) is 13.6. The number of piperidine rings is 1. The van der Waals surface area contributed by atoms with E-state index in [9.17, 15) is 18.0 Å². The van der Waals surface area contributed by atoms with Gasteiger partial charge in [-0.25, -0.2) is 0 Å². The Balaban J connectivity index is 1.50. The lowest BCUT2D eigenvalue weighted by Crippen LogP contribution is -2.45. The Bertz CT molecular complexity index is 568. The van der Waals surface area contributed by atoms with E-state index >= 15 is 0 Å². The molecule has 0 bridgehead atoms. The highest BCUT2D eigenvalue weighted by Crippen LogP contribution is 2.41. The number of likely N-dealkylation sites (tertiary alicyclic amines) is 2. The van der Waals surface area contributed by atoms with Crippen molar-refractivity contribution in [3.05, 3.63) is 30.1 Å². The van der Waals surface area contributed by atoms with Crippen molar-refractivity contribution >= 4 is 5.91 Å². The quantitative estimate of drug-likeness (QED) is 0.848. The number of halogens is 3. The lowest BCUT2D eigenvalue weighted by Gasteiger charge is -2.39. The summed E-state index contributed by atoms with van der Waals surface area (Å²) in [7, 11) is 0. The van der Waals surface area contributed by atoms with Crippen LogP contribution < -0.4 is 0 Å². The molecule has 0 N–H and O–H groups in total. The van der Waals surface area contributed by atoms with Crippen molar-refractivity contribution in [2.75, 3.05) is 26.2 Å². The highest BCUT2D eigenvalue weighted by Gasteiger charge is 2.42. The number of alkyl halides is 3. The van der Waals surface area contributed by atoms with E-state index in [1.165, 1.54) is 10.5 Å². The third kappa shape index (κ3) is 4.26. The van der Waals surface area contributed by atoms with Gasteiger partial charge in [0, 0.05) is 38.6 Å². The maximum absolute atomic E-state index is 12.4. The van der Waals surface area contributed by atoms with Gasteiger partial charge in [0.2, 0.25) is 5.91 Å². The first kappa shape index (κ1) is 17.2. The Morgan fingerprint density at radius 2 is 1.92 bits per heavy atom. The summed E-state index contributed by atoms with van der Waals surface area (Å²) in [6, 6.07) is 3.97. The van der Waals surface area contributed by atoms with E-state index in [-0.39, 0.29) is 5.41 Å². The van der Waals surface area contributed by atoms with Crippen LogP contribution in [0.1, 0.15) is 31.2 Å². The van der Waals surface area contributed by atoms with Gasteiger partial charge in [0.25, 0.3) is 0 Å². The summed E-state index contributed by atoms with van der Waals surface area (Å²) in [5, 5.41) is 0. The summed E-state index contributed by atoms with van der Waals surface area (Å²) in [6.07, 6.45) is 0.494. The van der Waals surface area contributed by atoms with Crippen LogP contribution in [0.4, 0.5) is 13.2 Å². The van der Waals surface area contributed by atoms with Crippen LogP contribution in [-0.4, -0.2) is 53.0 Å². The molecule has 0 aliphatic carbocycles. The van der Waals surface area contributed by atoms with Gasteiger partial charge in [-0.15, -0.1) is 0 Å². The number of carbonyl (C=O) groups is 1. The standard InChI is InChI=1S/C17H22F3N3O/c18-17(19,20)10-15(24)23-8-4-16(5-9-23)3-7-22(13-16)12-14-2-1-6-21-11-14/h1-2,6,11H,3-5,7-10,12-13H2. The molecule has 0 radical (unpaired) electrons. The van der Waals surface area contributed by atoms with Gasteiger partial charge in [0.1, 0.15) is 6.42 Å². The van der Waals surface area contributed by atoms with Crippen molar-refractivity contribution in [2.24, 2.45) is 5.41 Å². The van der Waals surface area contributed by atoms with Crippen LogP contribution in [0.3, 0.4) is 0 Å². The number of pyridine rings is 1. The molecular weight excluding hydrogens is 319 g/mol. The fourth-order valence-corrected chi connectivity index (χ4v) is 3.83. The fraction of sp³-hybridized carbons (Fsp3) is 0.647. The fourth-order valence-electron chi connectivity index (χ4n) is 3.83. The smallest absolute Gasteiger partial charge is 0.342 e. The van der Waals surface area contributed by atoms with Crippen molar-refractivity contribution in [2.45, 2.75) is 38.4 Å². The molecule has 132 valence electrons. The van der Waals surface area contributed by atoms with Crippen molar-refractivity contribution in [1.82, 2.24) is 14.8 Å². The average Bonchev–Trinajstić information content (AvgIpc) is 2.90. The van der Waals surface area contributed by atoms with E-state index in [0.29, 0.717) is 13.1 Å². The number of nitrogens with zero attached hydrogens (tertiary/aromatic N) is 3. The average molecular weight is 341 g/mol. The predicted octanol–water partition coefficient (Wildman–Crippen LogP) is 2.85. The van der Waals surface area contributed by atoms with Gasteiger partial charge >= 0.3 is 6.18 Å². The van der Waals surface area contributed by atoms with E-state index in [0.717, 1.165) is 38.9 Å². The van der Waals surface area contributed by atoms with E-state index in [4.69, 9.17) is 0 Å². The molecule has 4 nitrogen and oxygen atoms in total. The number of rotatable bonds is 3. The Hall–Kier alpha value is -1.63. The van der Waals surface area contributed by atoms with Crippen molar-refractivity contribution in [3.63, 3.8) is 0 Å². The molecule has 2 aliphatic heterocycles. The van der Waals surface area contributed by atoms with Gasteiger partial charge < -0.3 is 4.90 Å². The summed E-state index contributed by atoms with van der Waals surface area (Å²) in [5.41, 5.74) is 1.32. The molecule has 0 atom stereocenters. The van der Waals surface area contributed by atoms with Crippen molar-refractivity contribution in [1.29, 1.82) is 0 Å². The molecule has 2 saturated heterocycles. The zero-order chi connectivity index (χ0) is 17.2. The maximum atomic E-state index is 12.4. The van der Waals surface area contributed by atoms with Gasteiger partial charge in [-0.3, -0.25) is 14.7 Å². The molecule has 2 fully saturated rings. The number of hydrogen-bond acceptors (Lipinski definition) is 3. The zero-order valence-corrected chi connectivity index (χ0v) is 13.6. The minimum Gasteiger partial charge on any atom is -0.342 e. The first-order valence-electron chi connectivity index (χ1n) is 8.31. The van der Waals surface area contributed by atoms with Crippen LogP contribution in [0, 0.1) is 5.41 Å². The second-order valence-electron chi connectivity index (χ2n) is 6.99. The summed E-state index contributed by atoms with van der Waals surface area (Å²) in [4.78, 5) is 19.6. The Morgan fingerprint density at radius 3 is 2.54 bits per heavy atom. The molecule has 0 saturated carbocycles. The van der Waals surface area contributed by atoms with Crippen LogP contribution in [0.15, 0.2) is 24.5 Å². The Kier molecular flexibility index (Phi) is 4.80. The highest BCUT2D eigenvalue weighted by atomic mass is 19.4. The van der Waals surface area contributed by atoms with Crippen LogP contribution >= 0.6 is 0 Å². The molecule has 1 aromatic heterocycles. The number of aromatic nitrogens is 1. The van der Waals surface area contributed by atoms with Gasteiger partial charge in [0.05, 0.1) is 0 Å². The summed E-state index contributed by atoms with van der Waals surface area (Å²) in [5.74, 6) is -0.789. The molecule has 0 unspecified atom stereocenters. The molecule has 24 heavy (non-hydrogen) atoms. The molecular formula is C17H22F3N3O. The summed E-state index contributed by atoms with van der Waals surface area (Å²) < 4.78 is 37.1. The molecule has 0 aromatic carbocycles. The van der Waals surface area contributed by atoms with E-state index in [1.54, 1.807) is 6.20 Å². The second-order valence-corrected chi connectivity index (χ2v) is 6.99. The van der Waals surface area contributed by atoms with E-state index in [1.807, 2.05) is 12.3 Å². The third-order valence-electron chi connectivity index (χ3n) is 5.17. The van der Waals surface area contributed by atoms with Gasteiger partial charge in [-0.2, -0.15) is 13.2 Å². The topological polar surface area (TPSA) is 36.4 Å². The van der Waals surface area contributed by atoms with E-state index in [2.05, 4.69) is 16.0 Å². The van der Waals surface area contributed by atoms with Crippen LogP contribution in [0.5, 0.6) is 0 Å². The first-order valence-corrected chi connectivity index (χ1v) is 8.31. The maximum Gasteiger partial charge on any atom is 0.397 e. The Labute approximate surface area is 139 Å². The lowest BCUT2D eigenvalue weighted by molar-refractivity contribution is -0.162. The number of hydrogen-bond donors (Lipinski definition) is 0. The molecule has 3 heterocycles. The van der Waals surface area contributed by atoms with E-state index < -0.39 is 18.5 Å². The van der Waals surface area contributed by atoms with Gasteiger partial charge in [0.15, 0.2) is 0 Å². The largest absolute Gasteiger partial charge is 0.397 e.